The third-order valence-electron chi connectivity index (χ3n) is 3.10. The number of ether oxygens (including phenoxy) is 1. The Bertz CT molecular complexity index is 642. The van der Waals surface area contributed by atoms with Crippen LogP contribution in [0.25, 0.3) is 0 Å². The Balaban J connectivity index is 2.30. The zero-order valence-corrected chi connectivity index (χ0v) is 11.6. The van der Waals surface area contributed by atoms with Crippen molar-refractivity contribution in [3.8, 4) is 17.6 Å². The Morgan fingerprint density at radius 2 is 2.00 bits per heavy atom. The highest BCUT2D eigenvalue weighted by atomic mass is 16.5. The molecule has 0 aromatic heterocycles. The summed E-state index contributed by atoms with van der Waals surface area (Å²) in [5.41, 5.74) is 2.31. The Hall–Kier alpha value is -2.31. The second-order valence-electron chi connectivity index (χ2n) is 4.93. The number of nitrogens with zero attached hydrogens (tertiary/aromatic N) is 1. The molecule has 2 aromatic rings. The molecule has 0 spiro atoms. The molecule has 0 saturated heterocycles. The van der Waals surface area contributed by atoms with Crippen LogP contribution in [0.2, 0.25) is 0 Å². The minimum Gasteiger partial charge on any atom is -0.456 e. The predicted molar refractivity (Wildman–Crippen MR) is 77.7 cm³/mol. The number of rotatable bonds is 4. The molecule has 0 atom stereocenters. The number of hydrogen-bond donors (Lipinski definition) is 1. The monoisotopic (exact) mass is 267 g/mol. The summed E-state index contributed by atoms with van der Waals surface area (Å²) in [6.07, 6.45) is 0. The highest BCUT2D eigenvalue weighted by Crippen LogP contribution is 2.28. The highest BCUT2D eigenvalue weighted by molar-refractivity contribution is 5.47. The molecule has 3 nitrogen and oxygen atoms in total. The van der Waals surface area contributed by atoms with Gasteiger partial charge in [-0.15, -0.1) is 0 Å². The summed E-state index contributed by atoms with van der Waals surface area (Å²) < 4.78 is 5.79. The Morgan fingerprint density at radius 1 is 1.20 bits per heavy atom. The molecule has 102 valence electrons. The molecule has 0 heterocycles. The summed E-state index contributed by atoms with van der Waals surface area (Å²) >= 11 is 0. The van der Waals surface area contributed by atoms with Crippen LogP contribution < -0.4 is 4.74 Å². The van der Waals surface area contributed by atoms with Crippen LogP contribution in [-0.2, 0) is 6.61 Å². The molecule has 0 bridgehead atoms. The van der Waals surface area contributed by atoms with Gasteiger partial charge in [-0.2, -0.15) is 5.26 Å². The molecule has 0 radical (unpaired) electrons. The predicted octanol–water partition coefficient (Wildman–Crippen LogP) is 3.97. The number of aliphatic hydroxyl groups is 1. The lowest BCUT2D eigenvalue weighted by atomic mass is 10.0. The smallest absolute Gasteiger partial charge is 0.145 e. The summed E-state index contributed by atoms with van der Waals surface area (Å²) in [5.74, 6) is 1.64. The van der Waals surface area contributed by atoms with E-state index in [9.17, 15) is 0 Å². The van der Waals surface area contributed by atoms with Crippen LogP contribution in [-0.4, -0.2) is 5.11 Å². The van der Waals surface area contributed by atoms with Gasteiger partial charge in [0.15, 0.2) is 0 Å². The minimum absolute atomic E-state index is 0.0855. The van der Waals surface area contributed by atoms with Crippen LogP contribution >= 0.6 is 0 Å². The SMILES string of the molecule is CC(C)c1cccc(Oc2ccc(CO)cc2C#N)c1. The lowest BCUT2D eigenvalue weighted by Crippen LogP contribution is -1.93. The van der Waals surface area contributed by atoms with Crippen molar-refractivity contribution in [3.63, 3.8) is 0 Å². The van der Waals surface area contributed by atoms with E-state index in [0.29, 0.717) is 28.5 Å². The first kappa shape index (κ1) is 14.1. The first-order valence-electron chi connectivity index (χ1n) is 6.55. The highest BCUT2D eigenvalue weighted by Gasteiger charge is 2.07. The number of aliphatic hydroxyl groups excluding tert-OH is 1. The second kappa shape index (κ2) is 6.23. The van der Waals surface area contributed by atoms with Crippen LogP contribution in [0.5, 0.6) is 11.5 Å². The van der Waals surface area contributed by atoms with E-state index in [2.05, 4.69) is 26.0 Å². The van der Waals surface area contributed by atoms with Crippen LogP contribution in [0.4, 0.5) is 0 Å². The molecule has 3 heteroatoms. The van der Waals surface area contributed by atoms with Gasteiger partial charge in [-0.05, 0) is 41.3 Å². The van der Waals surface area contributed by atoms with E-state index in [0.717, 1.165) is 0 Å². The topological polar surface area (TPSA) is 53.2 Å². The fraction of sp³-hybridized carbons (Fsp3) is 0.235. The summed E-state index contributed by atoms with van der Waals surface area (Å²) in [5, 5.41) is 18.2. The van der Waals surface area contributed by atoms with Crippen molar-refractivity contribution in [2.24, 2.45) is 0 Å². The average Bonchev–Trinajstić information content (AvgIpc) is 2.48. The first-order valence-corrected chi connectivity index (χ1v) is 6.55. The van der Waals surface area contributed by atoms with Gasteiger partial charge in [-0.3, -0.25) is 0 Å². The summed E-state index contributed by atoms with van der Waals surface area (Å²) in [4.78, 5) is 0. The maximum Gasteiger partial charge on any atom is 0.145 e. The van der Waals surface area contributed by atoms with E-state index in [-0.39, 0.29) is 6.61 Å². The van der Waals surface area contributed by atoms with Crippen LogP contribution in [0.3, 0.4) is 0 Å². The minimum atomic E-state index is -0.0855. The van der Waals surface area contributed by atoms with Crippen LogP contribution in [0.15, 0.2) is 42.5 Å². The number of hydrogen-bond acceptors (Lipinski definition) is 3. The number of nitriles is 1. The van der Waals surface area contributed by atoms with Gasteiger partial charge in [0, 0.05) is 0 Å². The van der Waals surface area contributed by atoms with Crippen molar-refractivity contribution in [3.05, 3.63) is 59.2 Å². The largest absolute Gasteiger partial charge is 0.456 e. The van der Waals surface area contributed by atoms with Crippen molar-refractivity contribution in [1.82, 2.24) is 0 Å². The summed E-state index contributed by atoms with van der Waals surface area (Å²) in [6.45, 7) is 4.16. The Kier molecular flexibility index (Phi) is 4.39. The summed E-state index contributed by atoms with van der Waals surface area (Å²) in [6, 6.07) is 15.0. The fourth-order valence-electron chi connectivity index (χ4n) is 1.92. The summed E-state index contributed by atoms with van der Waals surface area (Å²) in [7, 11) is 0. The molecular formula is C17H17NO2. The maximum atomic E-state index is 9.15. The van der Waals surface area contributed by atoms with Gasteiger partial charge in [0.25, 0.3) is 0 Å². The van der Waals surface area contributed by atoms with Gasteiger partial charge in [0.1, 0.15) is 17.6 Å². The fourth-order valence-corrected chi connectivity index (χ4v) is 1.92. The maximum absolute atomic E-state index is 9.15. The standard InChI is InChI=1S/C17H17NO2/c1-12(2)14-4-3-5-16(9-14)20-17-7-6-13(11-19)8-15(17)10-18/h3-9,12,19H,11H2,1-2H3. The number of benzene rings is 2. The van der Waals surface area contributed by atoms with Gasteiger partial charge < -0.3 is 9.84 Å². The molecule has 2 aromatic carbocycles. The van der Waals surface area contributed by atoms with Crippen molar-refractivity contribution >= 4 is 0 Å². The lowest BCUT2D eigenvalue weighted by molar-refractivity contribution is 0.281. The van der Waals surface area contributed by atoms with Crippen molar-refractivity contribution in [2.45, 2.75) is 26.4 Å². The van der Waals surface area contributed by atoms with E-state index in [1.165, 1.54) is 5.56 Å². The molecule has 0 amide bonds. The van der Waals surface area contributed by atoms with Gasteiger partial charge in [0.05, 0.1) is 12.2 Å². The zero-order chi connectivity index (χ0) is 14.5. The van der Waals surface area contributed by atoms with E-state index in [4.69, 9.17) is 15.1 Å². The van der Waals surface area contributed by atoms with Crippen molar-refractivity contribution in [2.75, 3.05) is 0 Å². The van der Waals surface area contributed by atoms with E-state index in [1.54, 1.807) is 18.2 Å². The van der Waals surface area contributed by atoms with Crippen molar-refractivity contribution < 1.29 is 9.84 Å². The third-order valence-corrected chi connectivity index (χ3v) is 3.10. The van der Waals surface area contributed by atoms with Gasteiger partial charge in [-0.1, -0.05) is 32.0 Å². The molecule has 0 fully saturated rings. The molecular weight excluding hydrogens is 250 g/mol. The van der Waals surface area contributed by atoms with Crippen molar-refractivity contribution in [1.29, 1.82) is 5.26 Å². The molecule has 0 saturated carbocycles. The van der Waals surface area contributed by atoms with E-state index < -0.39 is 0 Å². The Morgan fingerprint density at radius 3 is 2.65 bits per heavy atom. The normalized spacial score (nSPS) is 10.3. The molecule has 0 aliphatic carbocycles. The molecule has 1 N–H and O–H groups in total. The van der Waals surface area contributed by atoms with E-state index in [1.807, 2.05) is 18.2 Å². The molecule has 20 heavy (non-hydrogen) atoms. The molecule has 0 aliphatic rings. The molecule has 0 aliphatic heterocycles. The zero-order valence-electron chi connectivity index (χ0n) is 11.6. The van der Waals surface area contributed by atoms with Gasteiger partial charge in [0.2, 0.25) is 0 Å². The molecule has 2 rings (SSSR count). The first-order chi connectivity index (χ1) is 9.63. The van der Waals surface area contributed by atoms with E-state index >= 15 is 0 Å². The van der Waals surface area contributed by atoms with Gasteiger partial charge >= 0.3 is 0 Å². The van der Waals surface area contributed by atoms with Gasteiger partial charge in [-0.25, -0.2) is 0 Å². The third kappa shape index (κ3) is 3.17. The average molecular weight is 267 g/mol. The quantitative estimate of drug-likeness (QED) is 0.912. The van der Waals surface area contributed by atoms with Crippen LogP contribution in [0.1, 0.15) is 36.5 Å². The Labute approximate surface area is 119 Å². The van der Waals surface area contributed by atoms with Crippen LogP contribution in [0, 0.1) is 11.3 Å². The lowest BCUT2D eigenvalue weighted by Gasteiger charge is -2.11. The molecule has 0 unspecified atom stereocenters. The second-order valence-corrected chi connectivity index (χ2v) is 4.93.